The number of hydrogen-bond donors (Lipinski definition) is 2. The fourth-order valence-corrected chi connectivity index (χ4v) is 3.10. The third kappa shape index (κ3) is 7.20. The third-order valence-corrected chi connectivity index (χ3v) is 4.69. The maximum Gasteiger partial charge on any atom is 0.343 e. The highest BCUT2D eigenvalue weighted by molar-refractivity contribution is 7.80. The number of anilines is 1. The first kappa shape index (κ1) is 24.0. The van der Waals surface area contributed by atoms with E-state index < -0.39 is 5.97 Å². The molecule has 0 saturated heterocycles. The minimum atomic E-state index is -0.501. The molecule has 3 aromatic rings. The van der Waals surface area contributed by atoms with E-state index in [2.05, 4.69) is 15.8 Å². The third-order valence-electron chi connectivity index (χ3n) is 4.26. The Morgan fingerprint density at radius 1 is 1.09 bits per heavy atom. The molecular weight excluding hydrogens is 462 g/mol. The standard InChI is InChI=1S/C24H22ClN3O4S/c1-3-31-22-13-16(15-26-28-24(33)27-19-6-4-5-18(25)14-19)7-12-21(22)32-23(29)17-8-10-20(30-2)11-9-17/h4-15H,3H2,1-2H3,(H2,27,28,33)/b26-15+. The van der Waals surface area contributed by atoms with Gasteiger partial charge in [0.2, 0.25) is 0 Å². The molecule has 170 valence electrons. The Balaban J connectivity index is 1.64. The molecule has 9 heteroatoms. The zero-order chi connectivity index (χ0) is 23.6. The van der Waals surface area contributed by atoms with Gasteiger partial charge in [0.1, 0.15) is 5.75 Å². The molecule has 0 saturated carbocycles. The second-order valence-electron chi connectivity index (χ2n) is 6.59. The van der Waals surface area contributed by atoms with E-state index in [0.717, 1.165) is 11.3 Å². The molecule has 2 N–H and O–H groups in total. The summed E-state index contributed by atoms with van der Waals surface area (Å²) < 4.78 is 16.3. The van der Waals surface area contributed by atoms with E-state index in [4.69, 9.17) is 38.0 Å². The first-order chi connectivity index (χ1) is 16.0. The van der Waals surface area contributed by atoms with Gasteiger partial charge in [0.05, 0.1) is 25.5 Å². The molecule has 0 amide bonds. The number of carbonyl (C=O) groups excluding carboxylic acids is 1. The Bertz CT molecular complexity index is 1150. The molecule has 0 aliphatic heterocycles. The Morgan fingerprint density at radius 2 is 1.88 bits per heavy atom. The van der Waals surface area contributed by atoms with E-state index >= 15 is 0 Å². The lowest BCUT2D eigenvalue weighted by molar-refractivity contribution is 0.0728. The molecule has 0 spiro atoms. The zero-order valence-electron chi connectivity index (χ0n) is 18.0. The summed E-state index contributed by atoms with van der Waals surface area (Å²) in [4.78, 5) is 12.5. The molecule has 0 radical (unpaired) electrons. The van der Waals surface area contributed by atoms with Crippen LogP contribution in [0, 0.1) is 0 Å². The first-order valence-corrected chi connectivity index (χ1v) is 10.8. The van der Waals surface area contributed by atoms with Gasteiger partial charge >= 0.3 is 5.97 Å². The smallest absolute Gasteiger partial charge is 0.343 e. The maximum atomic E-state index is 12.5. The van der Waals surface area contributed by atoms with E-state index in [9.17, 15) is 4.79 Å². The van der Waals surface area contributed by atoms with Crippen LogP contribution in [0.15, 0.2) is 71.8 Å². The van der Waals surface area contributed by atoms with Crippen molar-refractivity contribution in [2.24, 2.45) is 5.10 Å². The van der Waals surface area contributed by atoms with Crippen molar-refractivity contribution in [1.29, 1.82) is 0 Å². The van der Waals surface area contributed by atoms with Gasteiger partial charge in [-0.3, -0.25) is 5.43 Å². The number of thiocarbonyl (C=S) groups is 1. The zero-order valence-corrected chi connectivity index (χ0v) is 19.6. The maximum absolute atomic E-state index is 12.5. The molecule has 0 heterocycles. The van der Waals surface area contributed by atoms with Gasteiger partial charge in [0.25, 0.3) is 0 Å². The molecule has 3 aromatic carbocycles. The number of ether oxygens (including phenoxy) is 3. The molecule has 0 fully saturated rings. The quantitative estimate of drug-likeness (QED) is 0.148. The van der Waals surface area contributed by atoms with Crippen LogP contribution in [0.3, 0.4) is 0 Å². The van der Waals surface area contributed by atoms with Crippen molar-refractivity contribution in [3.8, 4) is 17.2 Å². The fourth-order valence-electron chi connectivity index (χ4n) is 2.73. The average molecular weight is 484 g/mol. The summed E-state index contributed by atoms with van der Waals surface area (Å²) in [7, 11) is 1.56. The molecular formula is C24H22ClN3O4S. The number of esters is 1. The number of benzene rings is 3. The molecule has 0 aromatic heterocycles. The fraction of sp³-hybridized carbons (Fsp3) is 0.125. The Labute approximate surface area is 202 Å². The van der Waals surface area contributed by atoms with Gasteiger partial charge in [-0.05, 0) is 85.4 Å². The monoisotopic (exact) mass is 483 g/mol. The summed E-state index contributed by atoms with van der Waals surface area (Å²) in [5.41, 5.74) is 4.61. The van der Waals surface area contributed by atoms with Crippen LogP contribution in [0.5, 0.6) is 17.2 Å². The van der Waals surface area contributed by atoms with Crippen molar-refractivity contribution < 1.29 is 19.0 Å². The van der Waals surface area contributed by atoms with Crippen molar-refractivity contribution >= 4 is 46.8 Å². The lowest BCUT2D eigenvalue weighted by Gasteiger charge is -2.11. The lowest BCUT2D eigenvalue weighted by Crippen LogP contribution is -2.23. The van der Waals surface area contributed by atoms with Crippen LogP contribution < -0.4 is 25.0 Å². The molecule has 0 aliphatic carbocycles. The van der Waals surface area contributed by atoms with Crippen molar-refractivity contribution in [2.75, 3.05) is 19.0 Å². The Morgan fingerprint density at radius 3 is 2.58 bits per heavy atom. The summed E-state index contributed by atoms with van der Waals surface area (Å²) in [6.45, 7) is 2.25. The van der Waals surface area contributed by atoms with Crippen LogP contribution in [0.25, 0.3) is 0 Å². The van der Waals surface area contributed by atoms with Gasteiger partial charge < -0.3 is 19.5 Å². The highest BCUT2D eigenvalue weighted by Crippen LogP contribution is 2.29. The number of nitrogens with one attached hydrogen (secondary N) is 2. The van der Waals surface area contributed by atoms with Crippen molar-refractivity contribution in [1.82, 2.24) is 5.43 Å². The Kier molecular flexibility index (Phi) is 8.63. The summed E-state index contributed by atoms with van der Waals surface area (Å²) in [6.07, 6.45) is 1.57. The van der Waals surface area contributed by atoms with Crippen LogP contribution >= 0.6 is 23.8 Å². The highest BCUT2D eigenvalue weighted by Gasteiger charge is 2.13. The molecule has 3 rings (SSSR count). The van der Waals surface area contributed by atoms with Crippen LogP contribution in [-0.2, 0) is 0 Å². The average Bonchev–Trinajstić information content (AvgIpc) is 2.81. The van der Waals surface area contributed by atoms with Crippen molar-refractivity contribution in [2.45, 2.75) is 6.92 Å². The minimum Gasteiger partial charge on any atom is -0.497 e. The number of nitrogens with zero attached hydrogens (tertiary/aromatic N) is 1. The Hall–Kier alpha value is -3.62. The molecule has 0 atom stereocenters. The van der Waals surface area contributed by atoms with Crippen molar-refractivity contribution in [3.05, 3.63) is 82.9 Å². The van der Waals surface area contributed by atoms with E-state index in [-0.39, 0.29) is 0 Å². The van der Waals surface area contributed by atoms with Gasteiger partial charge in [0, 0.05) is 10.7 Å². The van der Waals surface area contributed by atoms with Gasteiger partial charge in [-0.2, -0.15) is 5.10 Å². The second-order valence-corrected chi connectivity index (χ2v) is 7.44. The number of rotatable bonds is 8. The number of halogens is 1. The molecule has 0 unspecified atom stereocenters. The molecule has 0 bridgehead atoms. The molecule has 33 heavy (non-hydrogen) atoms. The van der Waals surface area contributed by atoms with Crippen LogP contribution in [0.2, 0.25) is 5.02 Å². The summed E-state index contributed by atoms with van der Waals surface area (Å²) in [5.74, 6) is 0.879. The number of carbonyl (C=O) groups is 1. The predicted molar refractivity (Wildman–Crippen MR) is 134 cm³/mol. The molecule has 0 aliphatic rings. The number of hydrazone groups is 1. The topological polar surface area (TPSA) is 81.2 Å². The normalized spacial score (nSPS) is 10.5. The van der Waals surface area contributed by atoms with E-state index in [0.29, 0.717) is 39.6 Å². The van der Waals surface area contributed by atoms with Crippen LogP contribution in [-0.4, -0.2) is 31.0 Å². The first-order valence-electron chi connectivity index (χ1n) is 9.97. The summed E-state index contributed by atoms with van der Waals surface area (Å²) >= 11 is 11.2. The van der Waals surface area contributed by atoms with Crippen LogP contribution in [0.1, 0.15) is 22.8 Å². The van der Waals surface area contributed by atoms with Gasteiger partial charge in [-0.15, -0.1) is 0 Å². The second kappa shape index (κ2) is 11.8. The SMILES string of the molecule is CCOc1cc(/C=N/NC(=S)Nc2cccc(Cl)c2)ccc1OC(=O)c1ccc(OC)cc1. The van der Waals surface area contributed by atoms with E-state index in [1.807, 2.05) is 19.1 Å². The molecule has 7 nitrogen and oxygen atoms in total. The number of methoxy groups -OCH3 is 1. The summed E-state index contributed by atoms with van der Waals surface area (Å²) in [5, 5.41) is 8.02. The van der Waals surface area contributed by atoms with Crippen molar-refractivity contribution in [3.63, 3.8) is 0 Å². The van der Waals surface area contributed by atoms with Gasteiger partial charge in [-0.1, -0.05) is 17.7 Å². The number of hydrogen-bond acceptors (Lipinski definition) is 6. The van der Waals surface area contributed by atoms with Gasteiger partial charge in [-0.25, -0.2) is 4.79 Å². The van der Waals surface area contributed by atoms with E-state index in [1.165, 1.54) is 0 Å². The summed E-state index contributed by atoms with van der Waals surface area (Å²) in [6, 6.07) is 18.9. The minimum absolute atomic E-state index is 0.306. The van der Waals surface area contributed by atoms with E-state index in [1.54, 1.807) is 67.9 Å². The predicted octanol–water partition coefficient (Wildman–Crippen LogP) is 5.29. The lowest BCUT2D eigenvalue weighted by atomic mass is 10.2. The highest BCUT2D eigenvalue weighted by atomic mass is 35.5. The van der Waals surface area contributed by atoms with Gasteiger partial charge in [0.15, 0.2) is 16.6 Å². The van der Waals surface area contributed by atoms with Crippen LogP contribution in [0.4, 0.5) is 5.69 Å². The largest absolute Gasteiger partial charge is 0.497 e.